The summed E-state index contributed by atoms with van der Waals surface area (Å²) < 4.78 is 1.58. The van der Waals surface area contributed by atoms with Gasteiger partial charge in [-0.1, -0.05) is 6.92 Å². The Morgan fingerprint density at radius 2 is 2.28 bits per heavy atom. The summed E-state index contributed by atoms with van der Waals surface area (Å²) >= 11 is 1.29. The molecule has 0 spiro atoms. The third-order valence-electron chi connectivity index (χ3n) is 2.20. The zero-order valence-electron chi connectivity index (χ0n) is 10.2. The first-order valence-electron chi connectivity index (χ1n) is 5.54. The lowest BCUT2D eigenvalue weighted by atomic mass is 10.5. The summed E-state index contributed by atoms with van der Waals surface area (Å²) in [5.74, 6) is 1.00. The molecule has 2 aromatic heterocycles. The standard InChI is InChI=1S/C10H14N6OS/c1-3-4-16-9(17)14-15-10(16)18-8-5-7(11)12-6(2)13-8/h5H,3-4H2,1-2H3,(H,14,17)(H2,11,12,13). The van der Waals surface area contributed by atoms with Crippen LogP contribution in [-0.2, 0) is 6.54 Å². The average molecular weight is 266 g/mol. The van der Waals surface area contributed by atoms with Crippen molar-refractivity contribution < 1.29 is 0 Å². The van der Waals surface area contributed by atoms with E-state index >= 15 is 0 Å². The fraction of sp³-hybridized carbons (Fsp3) is 0.400. The highest BCUT2D eigenvalue weighted by atomic mass is 32.2. The van der Waals surface area contributed by atoms with Gasteiger partial charge in [0.2, 0.25) is 0 Å². The van der Waals surface area contributed by atoms with Crippen LogP contribution < -0.4 is 11.4 Å². The summed E-state index contributed by atoms with van der Waals surface area (Å²) in [5, 5.41) is 7.67. The van der Waals surface area contributed by atoms with Crippen molar-refractivity contribution in [1.29, 1.82) is 0 Å². The van der Waals surface area contributed by atoms with E-state index in [-0.39, 0.29) is 5.69 Å². The van der Waals surface area contributed by atoms with Gasteiger partial charge < -0.3 is 5.73 Å². The molecule has 0 saturated carbocycles. The molecule has 96 valence electrons. The van der Waals surface area contributed by atoms with Crippen LogP contribution >= 0.6 is 11.8 Å². The molecule has 7 nitrogen and oxygen atoms in total. The fourth-order valence-electron chi connectivity index (χ4n) is 1.51. The zero-order chi connectivity index (χ0) is 13.1. The molecule has 0 saturated heterocycles. The van der Waals surface area contributed by atoms with Gasteiger partial charge in [-0.2, -0.15) is 0 Å². The van der Waals surface area contributed by atoms with Gasteiger partial charge in [-0.3, -0.25) is 4.57 Å². The lowest BCUT2D eigenvalue weighted by molar-refractivity contribution is 0.603. The lowest BCUT2D eigenvalue weighted by Crippen LogP contribution is -2.17. The molecule has 0 unspecified atom stereocenters. The molecular formula is C10H14N6OS. The Kier molecular flexibility index (Phi) is 3.66. The maximum atomic E-state index is 11.5. The highest BCUT2D eigenvalue weighted by Gasteiger charge is 2.10. The van der Waals surface area contributed by atoms with Crippen molar-refractivity contribution in [3.05, 3.63) is 22.4 Å². The molecule has 0 fully saturated rings. The number of nitrogen functional groups attached to an aromatic ring is 1. The van der Waals surface area contributed by atoms with Crippen LogP contribution in [0.2, 0.25) is 0 Å². The molecule has 0 aliphatic rings. The Morgan fingerprint density at radius 1 is 1.50 bits per heavy atom. The summed E-state index contributed by atoms with van der Waals surface area (Å²) in [6, 6.07) is 1.66. The van der Waals surface area contributed by atoms with Crippen molar-refractivity contribution >= 4 is 17.6 Å². The SMILES string of the molecule is CCCn1c(Sc2cc(N)nc(C)n2)n[nH]c1=O. The van der Waals surface area contributed by atoms with E-state index in [9.17, 15) is 4.79 Å². The third kappa shape index (κ3) is 2.70. The smallest absolute Gasteiger partial charge is 0.343 e. The van der Waals surface area contributed by atoms with Crippen LogP contribution in [0.5, 0.6) is 0 Å². The van der Waals surface area contributed by atoms with Gasteiger partial charge in [0.1, 0.15) is 16.7 Å². The van der Waals surface area contributed by atoms with E-state index in [1.54, 1.807) is 17.6 Å². The molecule has 0 radical (unpaired) electrons. The third-order valence-corrected chi connectivity index (χ3v) is 3.11. The second kappa shape index (κ2) is 5.21. The van der Waals surface area contributed by atoms with Crippen LogP contribution in [0.4, 0.5) is 5.82 Å². The molecule has 0 atom stereocenters. The minimum Gasteiger partial charge on any atom is -0.384 e. The highest BCUT2D eigenvalue weighted by Crippen LogP contribution is 2.24. The summed E-state index contributed by atoms with van der Waals surface area (Å²) in [6.45, 7) is 4.39. The van der Waals surface area contributed by atoms with Gasteiger partial charge in [-0.05, 0) is 25.1 Å². The first kappa shape index (κ1) is 12.6. The number of rotatable bonds is 4. The van der Waals surface area contributed by atoms with Crippen LogP contribution in [-0.4, -0.2) is 24.7 Å². The van der Waals surface area contributed by atoms with Crippen molar-refractivity contribution in [1.82, 2.24) is 24.7 Å². The Morgan fingerprint density at radius 3 is 2.94 bits per heavy atom. The first-order valence-corrected chi connectivity index (χ1v) is 6.36. The summed E-state index contributed by atoms with van der Waals surface area (Å²) in [4.78, 5) is 19.8. The Bertz CT molecular complexity index is 584. The number of hydrogen-bond donors (Lipinski definition) is 2. The molecular weight excluding hydrogens is 252 g/mol. The minimum atomic E-state index is -0.210. The fourth-order valence-corrected chi connectivity index (χ4v) is 2.43. The summed E-state index contributed by atoms with van der Waals surface area (Å²) in [5.41, 5.74) is 5.44. The van der Waals surface area contributed by atoms with Gasteiger partial charge in [-0.25, -0.2) is 19.9 Å². The number of aromatic nitrogens is 5. The molecule has 2 aromatic rings. The predicted molar refractivity (Wildman–Crippen MR) is 68.4 cm³/mol. The van der Waals surface area contributed by atoms with Gasteiger partial charge in [0.05, 0.1) is 0 Å². The molecule has 8 heteroatoms. The minimum absolute atomic E-state index is 0.210. The molecule has 0 aliphatic heterocycles. The highest BCUT2D eigenvalue weighted by molar-refractivity contribution is 7.99. The van der Waals surface area contributed by atoms with Crippen LogP contribution in [0.25, 0.3) is 0 Å². The summed E-state index contributed by atoms with van der Waals surface area (Å²) in [7, 11) is 0. The molecule has 3 N–H and O–H groups in total. The molecule has 0 amide bonds. The van der Waals surface area contributed by atoms with E-state index in [0.29, 0.717) is 28.4 Å². The lowest BCUT2D eigenvalue weighted by Gasteiger charge is -2.04. The van der Waals surface area contributed by atoms with E-state index in [2.05, 4.69) is 20.2 Å². The number of nitrogens with one attached hydrogen (secondary N) is 1. The van der Waals surface area contributed by atoms with Crippen molar-refractivity contribution in [2.45, 2.75) is 37.0 Å². The van der Waals surface area contributed by atoms with Crippen LogP contribution in [0.1, 0.15) is 19.2 Å². The van der Waals surface area contributed by atoms with E-state index in [1.807, 2.05) is 6.92 Å². The Hall–Kier alpha value is -1.83. The number of anilines is 1. The number of aromatic amines is 1. The Balaban J connectivity index is 2.31. The number of H-pyrrole nitrogens is 1. The molecule has 0 aliphatic carbocycles. The van der Waals surface area contributed by atoms with Gasteiger partial charge in [0.25, 0.3) is 0 Å². The molecule has 0 bridgehead atoms. The molecule has 0 aromatic carbocycles. The van der Waals surface area contributed by atoms with E-state index < -0.39 is 0 Å². The molecule has 2 heterocycles. The normalized spacial score (nSPS) is 10.8. The number of nitrogens with zero attached hydrogens (tertiary/aromatic N) is 4. The van der Waals surface area contributed by atoms with Crippen molar-refractivity contribution in [3.63, 3.8) is 0 Å². The molecule has 18 heavy (non-hydrogen) atoms. The maximum Gasteiger partial charge on any atom is 0.343 e. The first-order chi connectivity index (χ1) is 8.60. The number of aryl methyl sites for hydroxylation is 1. The predicted octanol–water partition coefficient (Wildman–Crippen LogP) is 0.813. The van der Waals surface area contributed by atoms with Crippen molar-refractivity contribution in [2.24, 2.45) is 0 Å². The van der Waals surface area contributed by atoms with E-state index in [4.69, 9.17) is 5.73 Å². The van der Waals surface area contributed by atoms with Gasteiger partial charge in [-0.15, -0.1) is 5.10 Å². The van der Waals surface area contributed by atoms with Crippen molar-refractivity contribution in [2.75, 3.05) is 5.73 Å². The average Bonchev–Trinajstić information content (AvgIpc) is 2.60. The zero-order valence-corrected chi connectivity index (χ0v) is 11.0. The molecule has 2 rings (SSSR count). The second-order valence-electron chi connectivity index (χ2n) is 3.74. The quantitative estimate of drug-likeness (QED) is 0.794. The van der Waals surface area contributed by atoms with Gasteiger partial charge in [0.15, 0.2) is 5.16 Å². The number of hydrogen-bond acceptors (Lipinski definition) is 6. The van der Waals surface area contributed by atoms with Gasteiger partial charge in [0, 0.05) is 12.6 Å². The van der Waals surface area contributed by atoms with Crippen LogP contribution in [0.3, 0.4) is 0 Å². The topological polar surface area (TPSA) is 102 Å². The number of nitrogens with two attached hydrogens (primary N) is 1. The maximum absolute atomic E-state index is 11.5. The van der Waals surface area contributed by atoms with Crippen LogP contribution in [0, 0.1) is 6.92 Å². The van der Waals surface area contributed by atoms with Crippen molar-refractivity contribution in [3.8, 4) is 0 Å². The monoisotopic (exact) mass is 266 g/mol. The van der Waals surface area contributed by atoms with E-state index in [0.717, 1.165) is 6.42 Å². The summed E-state index contributed by atoms with van der Waals surface area (Å²) in [6.07, 6.45) is 0.859. The van der Waals surface area contributed by atoms with Crippen LogP contribution in [0.15, 0.2) is 21.0 Å². The van der Waals surface area contributed by atoms with Gasteiger partial charge >= 0.3 is 5.69 Å². The van der Waals surface area contributed by atoms with E-state index in [1.165, 1.54) is 11.8 Å². The largest absolute Gasteiger partial charge is 0.384 e. The Labute approximate surface area is 108 Å². The second-order valence-corrected chi connectivity index (χ2v) is 4.73.